The summed E-state index contributed by atoms with van der Waals surface area (Å²) < 4.78 is 0.158. The first kappa shape index (κ1) is 19.9. The third-order valence-corrected chi connectivity index (χ3v) is 4.97. The van der Waals surface area contributed by atoms with Gasteiger partial charge >= 0.3 is 5.97 Å². The van der Waals surface area contributed by atoms with Crippen LogP contribution in [0, 0.1) is 0 Å². The van der Waals surface area contributed by atoms with Crippen LogP contribution in [0.4, 0.5) is 0 Å². The second-order valence-electron chi connectivity index (χ2n) is 5.71. The number of nitrogens with two attached hydrogens (primary N) is 1. The maximum Gasteiger partial charge on any atom is 0.326 e. The summed E-state index contributed by atoms with van der Waals surface area (Å²) in [6, 6.07) is 8.40. The summed E-state index contributed by atoms with van der Waals surface area (Å²) in [7, 11) is 0. The van der Waals surface area contributed by atoms with Crippen molar-refractivity contribution in [1.29, 1.82) is 0 Å². The molecule has 1 fully saturated rings. The molecule has 3 N–H and O–H groups in total. The van der Waals surface area contributed by atoms with Crippen LogP contribution >= 0.6 is 24.0 Å². The lowest BCUT2D eigenvalue weighted by atomic mass is 10.1. The van der Waals surface area contributed by atoms with E-state index in [0.717, 1.165) is 27.8 Å². The normalized spacial score (nSPS) is 17.7. The molecule has 0 radical (unpaired) electrons. The number of primary amides is 1. The molecule has 1 atom stereocenters. The molecule has 0 aliphatic carbocycles. The van der Waals surface area contributed by atoms with Crippen molar-refractivity contribution < 1.29 is 19.5 Å². The van der Waals surface area contributed by atoms with E-state index >= 15 is 0 Å². The number of rotatable bonds is 7. The molecule has 1 heterocycles. The van der Waals surface area contributed by atoms with E-state index in [4.69, 9.17) is 18.0 Å². The number of thiocarbonyl (C=S) groups is 1. The van der Waals surface area contributed by atoms with Gasteiger partial charge in [0.1, 0.15) is 10.4 Å². The van der Waals surface area contributed by atoms with Crippen LogP contribution in [0.3, 0.4) is 0 Å². The average molecular weight is 390 g/mol. The molecule has 1 aromatic carbocycles. The predicted octanol–water partition coefficient (Wildman–Crippen LogP) is 2.55. The largest absolute Gasteiger partial charge is 0.480 e. The second-order valence-corrected chi connectivity index (χ2v) is 7.39. The minimum Gasteiger partial charge on any atom is -0.480 e. The fourth-order valence-electron chi connectivity index (χ4n) is 2.45. The predicted molar refractivity (Wildman–Crippen MR) is 105 cm³/mol. The summed E-state index contributed by atoms with van der Waals surface area (Å²) in [5, 5.41) is 9.40. The molecule has 0 aromatic heterocycles. The number of carbonyl (C=O) groups is 3. The molecule has 26 heavy (non-hydrogen) atoms. The molecule has 1 saturated heterocycles. The maximum atomic E-state index is 12.6. The zero-order valence-corrected chi connectivity index (χ0v) is 15.7. The van der Waals surface area contributed by atoms with Crippen molar-refractivity contribution in [1.82, 2.24) is 4.90 Å². The number of carboxylic acids is 1. The van der Waals surface area contributed by atoms with E-state index < -0.39 is 23.8 Å². The first-order chi connectivity index (χ1) is 12.3. The topological polar surface area (TPSA) is 101 Å². The summed E-state index contributed by atoms with van der Waals surface area (Å²) >= 11 is 6.23. The van der Waals surface area contributed by atoms with Crippen molar-refractivity contribution in [2.75, 3.05) is 0 Å². The Hall–Kier alpha value is -2.45. The Kier molecular flexibility index (Phi) is 6.70. The van der Waals surface area contributed by atoms with Crippen LogP contribution in [-0.4, -0.2) is 38.2 Å². The number of hydrogen-bond donors (Lipinski definition) is 2. The SMILES string of the molecule is CC(/C=C1\SC(=S)N(C(CCC(N)=O)C(=O)O)C1=O)=C\c1ccccc1. The van der Waals surface area contributed by atoms with Gasteiger partial charge in [-0.3, -0.25) is 14.5 Å². The highest BCUT2D eigenvalue weighted by atomic mass is 32.2. The third-order valence-electron chi connectivity index (χ3n) is 3.64. The molecule has 2 rings (SSSR count). The van der Waals surface area contributed by atoms with E-state index in [2.05, 4.69) is 0 Å². The molecular weight excluding hydrogens is 372 g/mol. The Morgan fingerprint density at radius 2 is 2.00 bits per heavy atom. The van der Waals surface area contributed by atoms with Crippen LogP contribution in [0.15, 0.2) is 46.9 Å². The van der Waals surface area contributed by atoms with Crippen LogP contribution in [0.1, 0.15) is 25.3 Å². The van der Waals surface area contributed by atoms with Gasteiger partial charge in [0.25, 0.3) is 5.91 Å². The van der Waals surface area contributed by atoms with Crippen LogP contribution in [0.5, 0.6) is 0 Å². The van der Waals surface area contributed by atoms with Crippen molar-refractivity contribution in [3.05, 3.63) is 52.4 Å². The second kappa shape index (κ2) is 8.77. The van der Waals surface area contributed by atoms with E-state index in [1.807, 2.05) is 43.3 Å². The fourth-order valence-corrected chi connectivity index (χ4v) is 3.86. The van der Waals surface area contributed by atoms with Gasteiger partial charge in [0.2, 0.25) is 5.91 Å². The quantitative estimate of drug-likeness (QED) is 0.548. The summed E-state index contributed by atoms with van der Waals surface area (Å²) in [6.45, 7) is 1.85. The van der Waals surface area contributed by atoms with Gasteiger partial charge in [-0.15, -0.1) is 0 Å². The lowest BCUT2D eigenvalue weighted by molar-refractivity contribution is -0.145. The Labute approximate surface area is 160 Å². The number of carbonyl (C=O) groups excluding carboxylic acids is 2. The standard InChI is InChI=1S/C18H18N2O4S2/c1-11(9-12-5-3-2-4-6-12)10-14-16(22)20(18(25)26-14)13(17(23)24)7-8-15(19)21/h2-6,9-10,13H,7-8H2,1H3,(H2,19,21)(H,23,24)/b11-9+,14-10-. The molecule has 2 amide bonds. The number of thioether (sulfide) groups is 1. The van der Waals surface area contributed by atoms with Gasteiger partial charge in [0, 0.05) is 6.42 Å². The summed E-state index contributed by atoms with van der Waals surface area (Å²) in [5.41, 5.74) is 6.90. The molecular formula is C18H18N2O4S2. The molecule has 6 nitrogen and oxygen atoms in total. The van der Waals surface area contributed by atoms with Crippen molar-refractivity contribution in [2.45, 2.75) is 25.8 Å². The van der Waals surface area contributed by atoms with Gasteiger partial charge in [0.05, 0.1) is 4.91 Å². The number of allylic oxidation sites excluding steroid dienone is 2. The van der Waals surface area contributed by atoms with Gasteiger partial charge in [-0.2, -0.15) is 0 Å². The van der Waals surface area contributed by atoms with Gasteiger partial charge < -0.3 is 10.8 Å². The van der Waals surface area contributed by atoms with Crippen molar-refractivity contribution >= 4 is 52.2 Å². The zero-order valence-electron chi connectivity index (χ0n) is 14.0. The Balaban J connectivity index is 2.22. The fraction of sp³-hybridized carbons (Fsp3) is 0.222. The highest BCUT2D eigenvalue weighted by Gasteiger charge is 2.40. The number of benzene rings is 1. The summed E-state index contributed by atoms with van der Waals surface area (Å²) in [5.74, 6) is -2.32. The monoisotopic (exact) mass is 390 g/mol. The number of carboxylic acid groups (broad SMARTS) is 1. The van der Waals surface area contributed by atoms with E-state index in [0.29, 0.717) is 4.91 Å². The molecule has 1 aromatic rings. The molecule has 136 valence electrons. The summed E-state index contributed by atoms with van der Waals surface area (Å²) in [6.07, 6.45) is 3.37. The third kappa shape index (κ3) is 5.03. The van der Waals surface area contributed by atoms with Crippen molar-refractivity contribution in [3.8, 4) is 0 Å². The Morgan fingerprint density at radius 1 is 1.35 bits per heavy atom. The van der Waals surface area contributed by atoms with E-state index in [1.54, 1.807) is 6.08 Å². The summed E-state index contributed by atoms with van der Waals surface area (Å²) in [4.78, 5) is 36.5. The van der Waals surface area contributed by atoms with Crippen molar-refractivity contribution in [2.24, 2.45) is 5.73 Å². The van der Waals surface area contributed by atoms with Gasteiger partial charge in [-0.05, 0) is 30.6 Å². The van der Waals surface area contributed by atoms with Crippen LogP contribution in [0.25, 0.3) is 6.08 Å². The molecule has 0 bridgehead atoms. The molecule has 1 aliphatic rings. The maximum absolute atomic E-state index is 12.6. The van der Waals surface area contributed by atoms with Gasteiger partial charge in [-0.1, -0.05) is 60.4 Å². The number of amides is 2. The molecule has 0 spiro atoms. The van der Waals surface area contributed by atoms with E-state index in [1.165, 1.54) is 0 Å². The lowest BCUT2D eigenvalue weighted by Crippen LogP contribution is -2.44. The van der Waals surface area contributed by atoms with E-state index in [9.17, 15) is 19.5 Å². The lowest BCUT2D eigenvalue weighted by Gasteiger charge is -2.22. The smallest absolute Gasteiger partial charge is 0.326 e. The van der Waals surface area contributed by atoms with Crippen LogP contribution < -0.4 is 5.73 Å². The number of hydrogen-bond acceptors (Lipinski definition) is 5. The molecule has 1 aliphatic heterocycles. The molecule has 0 saturated carbocycles. The minimum absolute atomic E-state index is 0.0801. The Bertz CT molecular complexity index is 803. The first-order valence-electron chi connectivity index (χ1n) is 7.81. The van der Waals surface area contributed by atoms with Crippen LogP contribution in [0.2, 0.25) is 0 Å². The average Bonchev–Trinajstić information content (AvgIpc) is 2.83. The number of aliphatic carboxylic acids is 1. The molecule has 8 heteroatoms. The highest BCUT2D eigenvalue weighted by Crippen LogP contribution is 2.34. The van der Waals surface area contributed by atoms with Gasteiger partial charge in [0.15, 0.2) is 0 Å². The van der Waals surface area contributed by atoms with Gasteiger partial charge in [-0.25, -0.2) is 4.79 Å². The minimum atomic E-state index is -1.22. The first-order valence-corrected chi connectivity index (χ1v) is 9.03. The van der Waals surface area contributed by atoms with Crippen molar-refractivity contribution in [3.63, 3.8) is 0 Å². The van der Waals surface area contributed by atoms with E-state index in [-0.39, 0.29) is 17.2 Å². The Morgan fingerprint density at radius 3 is 2.58 bits per heavy atom. The zero-order chi connectivity index (χ0) is 19.3. The molecule has 1 unspecified atom stereocenters. The highest BCUT2D eigenvalue weighted by molar-refractivity contribution is 8.26. The van der Waals surface area contributed by atoms with Crippen LogP contribution in [-0.2, 0) is 14.4 Å². The number of nitrogens with zero attached hydrogens (tertiary/aromatic N) is 1.